The molecule has 0 aliphatic heterocycles. The first-order chi connectivity index (χ1) is 14.5. The molecule has 0 radical (unpaired) electrons. The van der Waals surface area contributed by atoms with Gasteiger partial charge in [0.2, 0.25) is 5.43 Å². The molecule has 0 aliphatic carbocycles. The highest BCUT2D eigenvalue weighted by Crippen LogP contribution is 2.27. The second-order valence-electron chi connectivity index (χ2n) is 7.04. The van der Waals surface area contributed by atoms with Gasteiger partial charge in [-0.1, -0.05) is 11.6 Å². The van der Waals surface area contributed by atoms with Crippen LogP contribution in [0.2, 0.25) is 0 Å². The maximum atomic E-state index is 13.4. The van der Waals surface area contributed by atoms with Gasteiger partial charge in [0.05, 0.1) is 25.5 Å². The quantitative estimate of drug-likeness (QED) is 0.492. The van der Waals surface area contributed by atoms with E-state index in [9.17, 15) is 9.59 Å². The molecule has 4 rings (SSSR count). The first-order valence-electron chi connectivity index (χ1n) is 9.51. The van der Waals surface area contributed by atoms with Gasteiger partial charge in [-0.3, -0.25) is 9.59 Å². The average molecular weight is 399 g/mol. The van der Waals surface area contributed by atoms with Gasteiger partial charge >= 0.3 is 0 Å². The molecule has 0 atom stereocenters. The summed E-state index contributed by atoms with van der Waals surface area (Å²) in [5.74, 6) is 0.999. The molecule has 4 aromatic rings. The zero-order valence-electron chi connectivity index (χ0n) is 17.0. The Kier molecular flexibility index (Phi) is 5.11. The summed E-state index contributed by atoms with van der Waals surface area (Å²) in [7, 11) is 3.16. The summed E-state index contributed by atoms with van der Waals surface area (Å²) in [5.41, 5.74) is 3.09. The van der Waals surface area contributed by atoms with E-state index in [1.54, 1.807) is 56.7 Å². The molecule has 0 saturated carbocycles. The summed E-state index contributed by atoms with van der Waals surface area (Å²) in [6.45, 7) is 1.92. The van der Waals surface area contributed by atoms with Crippen molar-refractivity contribution in [3.63, 3.8) is 0 Å². The van der Waals surface area contributed by atoms with Gasteiger partial charge < -0.3 is 14.5 Å². The van der Waals surface area contributed by atoms with Gasteiger partial charge in [0.1, 0.15) is 11.5 Å². The summed E-state index contributed by atoms with van der Waals surface area (Å²) in [5, 5.41) is 0.490. The number of methoxy groups -OCH3 is 2. The highest BCUT2D eigenvalue weighted by atomic mass is 16.5. The number of aromatic nitrogens is 1. The van der Waals surface area contributed by atoms with Crippen LogP contribution in [0.3, 0.4) is 0 Å². The Balaban J connectivity index is 1.97. The van der Waals surface area contributed by atoms with Crippen molar-refractivity contribution < 1.29 is 14.3 Å². The fourth-order valence-electron chi connectivity index (χ4n) is 3.48. The third kappa shape index (κ3) is 3.46. The fraction of sp³-hybridized carbons (Fsp3) is 0.120. The number of hydrogen-bond donors (Lipinski definition) is 1. The van der Waals surface area contributed by atoms with Crippen LogP contribution in [-0.4, -0.2) is 25.0 Å². The number of benzene rings is 3. The Morgan fingerprint density at radius 3 is 2.03 bits per heavy atom. The predicted octanol–water partition coefficient (Wildman–Crippen LogP) is 4.75. The number of ether oxygens (including phenoxy) is 2. The second kappa shape index (κ2) is 7.87. The first-order valence-corrected chi connectivity index (χ1v) is 9.51. The smallest absolute Gasteiger partial charge is 0.201 e. The molecule has 0 unspecified atom stereocenters. The number of carbonyl (C=O) groups is 1. The first kappa shape index (κ1) is 19.5. The van der Waals surface area contributed by atoms with Gasteiger partial charge in [-0.15, -0.1) is 0 Å². The van der Waals surface area contributed by atoms with Gasteiger partial charge in [0.25, 0.3) is 0 Å². The minimum Gasteiger partial charge on any atom is -0.497 e. The number of fused-ring (bicyclic) bond motifs is 1. The topological polar surface area (TPSA) is 68.4 Å². The zero-order chi connectivity index (χ0) is 21.3. The molecule has 0 saturated heterocycles. The second-order valence-corrected chi connectivity index (χ2v) is 7.04. The zero-order valence-corrected chi connectivity index (χ0v) is 17.0. The van der Waals surface area contributed by atoms with Crippen LogP contribution in [0.4, 0.5) is 0 Å². The molecule has 5 nitrogen and oxygen atoms in total. The minimum atomic E-state index is -0.340. The average Bonchev–Trinajstić information content (AvgIpc) is 2.79. The van der Waals surface area contributed by atoms with Crippen LogP contribution in [-0.2, 0) is 0 Å². The van der Waals surface area contributed by atoms with Crippen molar-refractivity contribution in [1.29, 1.82) is 0 Å². The lowest BCUT2D eigenvalue weighted by atomic mass is 9.95. The van der Waals surface area contributed by atoms with E-state index in [0.29, 0.717) is 33.7 Å². The van der Waals surface area contributed by atoms with Crippen LogP contribution < -0.4 is 14.9 Å². The van der Waals surface area contributed by atoms with Crippen LogP contribution in [0.1, 0.15) is 21.5 Å². The third-order valence-electron chi connectivity index (χ3n) is 5.11. The van der Waals surface area contributed by atoms with Crippen molar-refractivity contribution >= 4 is 16.7 Å². The molecule has 0 amide bonds. The Bertz CT molecular complexity index is 1290. The highest BCUT2D eigenvalue weighted by molar-refractivity contribution is 6.13. The van der Waals surface area contributed by atoms with Crippen LogP contribution in [0.15, 0.2) is 71.5 Å². The van der Waals surface area contributed by atoms with Crippen LogP contribution >= 0.6 is 0 Å². The van der Waals surface area contributed by atoms with Crippen molar-refractivity contribution in [3.05, 3.63) is 93.6 Å². The van der Waals surface area contributed by atoms with Crippen molar-refractivity contribution in [2.75, 3.05) is 14.2 Å². The van der Waals surface area contributed by atoms with E-state index in [2.05, 4.69) is 4.98 Å². The molecule has 0 fully saturated rings. The van der Waals surface area contributed by atoms with E-state index < -0.39 is 0 Å². The Morgan fingerprint density at radius 1 is 0.833 bits per heavy atom. The number of hydrogen-bond acceptors (Lipinski definition) is 4. The lowest BCUT2D eigenvalue weighted by Crippen LogP contribution is -2.19. The standard InChI is InChI=1S/C25H21NO4/c1-15-4-13-21-20(14-15)25(28)22(24(27)17-7-11-19(30-3)12-8-17)23(26-21)16-5-9-18(29-2)10-6-16/h4-14H,1-3H3,(H,26,28). The van der Waals surface area contributed by atoms with Gasteiger partial charge in [-0.25, -0.2) is 0 Å². The Hall–Kier alpha value is -3.86. The van der Waals surface area contributed by atoms with E-state index in [4.69, 9.17) is 9.47 Å². The summed E-state index contributed by atoms with van der Waals surface area (Å²) in [4.78, 5) is 30.2. The van der Waals surface area contributed by atoms with Gasteiger partial charge in [0, 0.05) is 16.5 Å². The number of pyridine rings is 1. The van der Waals surface area contributed by atoms with Gasteiger partial charge in [-0.05, 0) is 73.2 Å². The van der Waals surface area contributed by atoms with E-state index >= 15 is 0 Å². The van der Waals surface area contributed by atoms with Crippen molar-refractivity contribution in [2.45, 2.75) is 6.92 Å². The SMILES string of the molecule is COc1ccc(C(=O)c2c(-c3ccc(OC)cc3)[nH]c3ccc(C)cc3c2=O)cc1. The minimum absolute atomic E-state index is 0.114. The lowest BCUT2D eigenvalue weighted by molar-refractivity contribution is 0.103. The van der Waals surface area contributed by atoms with Gasteiger partial charge in [-0.2, -0.15) is 0 Å². The van der Waals surface area contributed by atoms with Crippen molar-refractivity contribution in [3.8, 4) is 22.8 Å². The normalized spacial score (nSPS) is 10.8. The maximum absolute atomic E-state index is 13.4. The molecule has 30 heavy (non-hydrogen) atoms. The number of aryl methyl sites for hydroxylation is 1. The molecule has 1 aromatic heterocycles. The molecule has 1 N–H and O–H groups in total. The molecular weight excluding hydrogens is 378 g/mol. The van der Waals surface area contributed by atoms with E-state index in [1.165, 1.54) is 0 Å². The van der Waals surface area contributed by atoms with Crippen molar-refractivity contribution in [2.24, 2.45) is 0 Å². The summed E-state index contributed by atoms with van der Waals surface area (Å²) >= 11 is 0. The molecule has 0 bridgehead atoms. The number of ketones is 1. The van der Waals surface area contributed by atoms with Crippen LogP contribution in [0.25, 0.3) is 22.2 Å². The lowest BCUT2D eigenvalue weighted by Gasteiger charge is -2.12. The number of carbonyl (C=O) groups excluding carboxylic acids is 1. The Morgan fingerprint density at radius 2 is 1.43 bits per heavy atom. The van der Waals surface area contributed by atoms with Crippen LogP contribution in [0, 0.1) is 6.92 Å². The highest BCUT2D eigenvalue weighted by Gasteiger charge is 2.22. The summed E-state index contributed by atoms with van der Waals surface area (Å²) in [6, 6.07) is 19.6. The van der Waals surface area contributed by atoms with Crippen LogP contribution in [0.5, 0.6) is 11.5 Å². The van der Waals surface area contributed by atoms with Gasteiger partial charge in [0.15, 0.2) is 5.78 Å². The molecule has 0 aliphatic rings. The number of rotatable bonds is 5. The van der Waals surface area contributed by atoms with E-state index in [-0.39, 0.29) is 16.8 Å². The maximum Gasteiger partial charge on any atom is 0.201 e. The predicted molar refractivity (Wildman–Crippen MR) is 118 cm³/mol. The third-order valence-corrected chi connectivity index (χ3v) is 5.11. The van der Waals surface area contributed by atoms with Crippen molar-refractivity contribution in [1.82, 2.24) is 4.98 Å². The molecule has 1 heterocycles. The molecule has 0 spiro atoms. The molecule has 150 valence electrons. The summed E-state index contributed by atoms with van der Waals surface area (Å²) in [6.07, 6.45) is 0. The molecular formula is C25H21NO4. The molecule has 5 heteroatoms. The largest absolute Gasteiger partial charge is 0.497 e. The van der Waals surface area contributed by atoms with E-state index in [1.807, 2.05) is 31.2 Å². The Labute approximate surface area is 173 Å². The number of H-pyrrole nitrogens is 1. The number of aromatic amines is 1. The fourth-order valence-corrected chi connectivity index (χ4v) is 3.48. The molecule has 3 aromatic carbocycles. The monoisotopic (exact) mass is 399 g/mol. The van der Waals surface area contributed by atoms with E-state index in [0.717, 1.165) is 11.1 Å². The summed E-state index contributed by atoms with van der Waals surface area (Å²) < 4.78 is 10.4. The number of nitrogens with one attached hydrogen (secondary N) is 1.